The van der Waals surface area contributed by atoms with E-state index in [1.165, 1.54) is 4.90 Å². The number of nitrogens with two attached hydrogens (primary N) is 1. The largest absolute Gasteiger partial charge is 0.335 e. The Balaban J connectivity index is 4.43. The van der Waals surface area contributed by atoms with Crippen LogP contribution in [0, 0.1) is 5.92 Å². The summed E-state index contributed by atoms with van der Waals surface area (Å²) >= 11 is 0. The minimum Gasteiger partial charge on any atom is -0.335 e. The van der Waals surface area contributed by atoms with Crippen molar-refractivity contribution in [2.75, 3.05) is 19.6 Å². The number of hydrogen-bond donors (Lipinski definition) is 1. The lowest BCUT2D eigenvalue weighted by atomic mass is 9.97. The molecule has 0 aliphatic heterocycles. The molecule has 1 atom stereocenters. The molecule has 0 saturated heterocycles. The first-order chi connectivity index (χ1) is 8.06. The fraction of sp³-hybridized carbons (Fsp3) is 0.917. The first kappa shape index (κ1) is 16.3. The molecular weight excluding hydrogens is 226 g/mol. The summed E-state index contributed by atoms with van der Waals surface area (Å²) in [5.74, 6) is -0.313. The van der Waals surface area contributed by atoms with E-state index in [0.29, 0.717) is 6.42 Å². The van der Waals surface area contributed by atoms with Crippen LogP contribution in [0.25, 0.3) is 0 Å². The molecule has 0 aliphatic carbocycles. The molecule has 17 heavy (non-hydrogen) atoms. The molecule has 102 valence electrons. The number of carbonyl (C=O) groups is 1. The van der Waals surface area contributed by atoms with Gasteiger partial charge in [-0.05, 0) is 12.8 Å². The summed E-state index contributed by atoms with van der Waals surface area (Å²) in [4.78, 5) is 13.2. The third kappa shape index (κ3) is 6.56. The molecule has 5 heteroatoms. The van der Waals surface area contributed by atoms with Crippen LogP contribution in [-0.4, -0.2) is 36.9 Å². The van der Waals surface area contributed by atoms with Crippen LogP contribution in [0.1, 0.15) is 39.5 Å². The maximum atomic E-state index is 12.4. The van der Waals surface area contributed by atoms with Gasteiger partial charge in [-0.3, -0.25) is 4.79 Å². The third-order valence-corrected chi connectivity index (χ3v) is 2.82. The smallest absolute Gasteiger partial charge is 0.255 e. The van der Waals surface area contributed by atoms with Crippen LogP contribution < -0.4 is 5.73 Å². The Morgan fingerprint density at radius 1 is 1.35 bits per heavy atom. The number of hydrogen-bond acceptors (Lipinski definition) is 2. The van der Waals surface area contributed by atoms with E-state index in [-0.39, 0.29) is 24.9 Å². The van der Waals surface area contributed by atoms with Crippen molar-refractivity contribution in [1.29, 1.82) is 0 Å². The average Bonchev–Trinajstić information content (AvgIpc) is 2.28. The second-order valence-corrected chi connectivity index (χ2v) is 4.21. The second kappa shape index (κ2) is 9.33. The van der Waals surface area contributed by atoms with Crippen molar-refractivity contribution in [3.63, 3.8) is 0 Å². The summed E-state index contributed by atoms with van der Waals surface area (Å²) < 4.78 is 24.7. The van der Waals surface area contributed by atoms with Crippen LogP contribution in [0.2, 0.25) is 0 Å². The summed E-state index contributed by atoms with van der Waals surface area (Å²) in [5.41, 5.74) is 5.35. The van der Waals surface area contributed by atoms with E-state index in [0.717, 1.165) is 19.3 Å². The molecule has 0 saturated carbocycles. The Bertz CT molecular complexity index is 213. The van der Waals surface area contributed by atoms with E-state index in [1.807, 2.05) is 13.8 Å². The minimum absolute atomic E-state index is 0.139. The van der Waals surface area contributed by atoms with Gasteiger partial charge in [0.15, 0.2) is 0 Å². The lowest BCUT2D eigenvalue weighted by Crippen LogP contribution is -2.42. The number of amides is 1. The molecule has 0 radical (unpaired) electrons. The van der Waals surface area contributed by atoms with Crippen molar-refractivity contribution in [3.05, 3.63) is 0 Å². The SMILES string of the molecule is CCCCC(CC)C(=O)N(CCN)CC(F)F. The molecule has 2 N–H and O–H groups in total. The van der Waals surface area contributed by atoms with Crippen molar-refractivity contribution in [1.82, 2.24) is 4.90 Å². The Morgan fingerprint density at radius 3 is 2.41 bits per heavy atom. The standard InChI is InChI=1S/C12H24F2N2O/c1-3-5-6-10(4-2)12(17)16(8-7-15)9-11(13)14/h10-11H,3-9,15H2,1-2H3. The highest BCUT2D eigenvalue weighted by atomic mass is 19.3. The van der Waals surface area contributed by atoms with Crippen molar-refractivity contribution >= 4 is 5.91 Å². The number of carbonyl (C=O) groups excluding carboxylic acids is 1. The number of unbranched alkanes of at least 4 members (excludes halogenated alkanes) is 1. The summed E-state index contributed by atoms with van der Waals surface area (Å²) in [7, 11) is 0. The van der Waals surface area contributed by atoms with Crippen LogP contribution in [0.3, 0.4) is 0 Å². The molecule has 0 heterocycles. The van der Waals surface area contributed by atoms with Gasteiger partial charge in [0.1, 0.15) is 0 Å². The van der Waals surface area contributed by atoms with E-state index in [2.05, 4.69) is 0 Å². The number of alkyl halides is 2. The third-order valence-electron chi connectivity index (χ3n) is 2.82. The zero-order valence-electron chi connectivity index (χ0n) is 10.8. The van der Waals surface area contributed by atoms with Gasteiger partial charge in [-0.15, -0.1) is 0 Å². The molecule has 0 aliphatic rings. The molecular formula is C12H24F2N2O. The van der Waals surface area contributed by atoms with Crippen LogP contribution in [-0.2, 0) is 4.79 Å². The fourth-order valence-electron chi connectivity index (χ4n) is 1.82. The zero-order valence-corrected chi connectivity index (χ0v) is 10.8. The molecule has 1 unspecified atom stereocenters. The van der Waals surface area contributed by atoms with E-state index in [9.17, 15) is 13.6 Å². The van der Waals surface area contributed by atoms with Gasteiger partial charge in [-0.1, -0.05) is 26.7 Å². The van der Waals surface area contributed by atoms with Crippen LogP contribution in [0.4, 0.5) is 8.78 Å². The molecule has 0 fully saturated rings. The zero-order chi connectivity index (χ0) is 13.3. The Hall–Kier alpha value is -0.710. The number of rotatable bonds is 9. The summed E-state index contributed by atoms with van der Waals surface area (Å²) in [6.07, 6.45) is 0.943. The summed E-state index contributed by atoms with van der Waals surface area (Å²) in [5, 5.41) is 0. The van der Waals surface area contributed by atoms with Gasteiger partial charge in [-0.2, -0.15) is 0 Å². The normalized spacial score (nSPS) is 12.8. The second-order valence-electron chi connectivity index (χ2n) is 4.21. The van der Waals surface area contributed by atoms with Crippen molar-refractivity contribution < 1.29 is 13.6 Å². The van der Waals surface area contributed by atoms with Crippen molar-refractivity contribution in [3.8, 4) is 0 Å². The van der Waals surface area contributed by atoms with Gasteiger partial charge < -0.3 is 10.6 Å². The topological polar surface area (TPSA) is 46.3 Å². The highest BCUT2D eigenvalue weighted by Gasteiger charge is 2.24. The first-order valence-corrected chi connectivity index (χ1v) is 6.33. The van der Waals surface area contributed by atoms with Crippen LogP contribution in [0.5, 0.6) is 0 Å². The van der Waals surface area contributed by atoms with Gasteiger partial charge in [-0.25, -0.2) is 8.78 Å². The molecule has 0 rings (SSSR count). The molecule has 0 bridgehead atoms. The molecule has 0 aromatic carbocycles. The summed E-state index contributed by atoms with van der Waals surface area (Å²) in [6, 6.07) is 0. The lowest BCUT2D eigenvalue weighted by Gasteiger charge is -2.26. The highest BCUT2D eigenvalue weighted by molar-refractivity contribution is 5.78. The van der Waals surface area contributed by atoms with E-state index in [1.54, 1.807) is 0 Å². The Morgan fingerprint density at radius 2 is 2.00 bits per heavy atom. The van der Waals surface area contributed by atoms with Gasteiger partial charge >= 0.3 is 0 Å². The van der Waals surface area contributed by atoms with Crippen molar-refractivity contribution in [2.24, 2.45) is 11.7 Å². The van der Waals surface area contributed by atoms with Gasteiger partial charge in [0.2, 0.25) is 5.91 Å². The maximum Gasteiger partial charge on any atom is 0.255 e. The monoisotopic (exact) mass is 250 g/mol. The van der Waals surface area contributed by atoms with E-state index >= 15 is 0 Å². The Kier molecular flexibility index (Phi) is 8.94. The summed E-state index contributed by atoms with van der Waals surface area (Å²) in [6.45, 7) is 3.91. The van der Waals surface area contributed by atoms with Crippen LogP contribution >= 0.6 is 0 Å². The fourth-order valence-corrected chi connectivity index (χ4v) is 1.82. The number of halogens is 2. The minimum atomic E-state index is -2.49. The molecule has 0 spiro atoms. The van der Waals surface area contributed by atoms with E-state index < -0.39 is 13.0 Å². The average molecular weight is 250 g/mol. The van der Waals surface area contributed by atoms with E-state index in [4.69, 9.17) is 5.73 Å². The Labute approximate surface area is 102 Å². The predicted molar refractivity (Wildman–Crippen MR) is 64.9 cm³/mol. The highest BCUT2D eigenvalue weighted by Crippen LogP contribution is 2.16. The van der Waals surface area contributed by atoms with Crippen molar-refractivity contribution in [2.45, 2.75) is 46.0 Å². The molecule has 0 aromatic rings. The van der Waals surface area contributed by atoms with Gasteiger partial charge in [0.25, 0.3) is 6.43 Å². The predicted octanol–water partition coefficient (Wildman–Crippen LogP) is 2.26. The van der Waals surface area contributed by atoms with Gasteiger partial charge in [0.05, 0.1) is 6.54 Å². The van der Waals surface area contributed by atoms with Gasteiger partial charge in [0, 0.05) is 19.0 Å². The first-order valence-electron chi connectivity index (χ1n) is 6.33. The lowest BCUT2D eigenvalue weighted by molar-refractivity contribution is -0.137. The van der Waals surface area contributed by atoms with Crippen LogP contribution in [0.15, 0.2) is 0 Å². The quantitative estimate of drug-likeness (QED) is 0.682. The molecule has 0 aromatic heterocycles. The molecule has 1 amide bonds. The maximum absolute atomic E-state index is 12.4. The molecule has 3 nitrogen and oxygen atoms in total. The number of nitrogens with zero attached hydrogens (tertiary/aromatic N) is 1.